The monoisotopic (exact) mass is 496 g/mol. The van der Waals surface area contributed by atoms with Crippen molar-refractivity contribution in [1.82, 2.24) is 15.0 Å². The number of urea groups is 1. The Hall–Kier alpha value is -3.47. The second-order valence-corrected chi connectivity index (χ2v) is 9.00. The zero-order valence-corrected chi connectivity index (χ0v) is 19.8. The van der Waals surface area contributed by atoms with Gasteiger partial charge in [-0.2, -0.15) is 0 Å². The molecule has 10 nitrogen and oxygen atoms in total. The van der Waals surface area contributed by atoms with Crippen molar-refractivity contribution in [2.24, 2.45) is 0 Å². The van der Waals surface area contributed by atoms with E-state index in [9.17, 15) is 9.90 Å². The zero-order valence-electron chi connectivity index (χ0n) is 19.1. The minimum absolute atomic E-state index is 0.0321. The molecule has 0 aliphatic carbocycles. The summed E-state index contributed by atoms with van der Waals surface area (Å²) < 4.78 is 5.44. The number of aliphatic hydroxyl groups excluding tert-OH is 2. The van der Waals surface area contributed by atoms with Crippen LogP contribution in [0.15, 0.2) is 42.9 Å². The predicted octanol–water partition coefficient (Wildman–Crippen LogP) is 2.86. The highest BCUT2D eigenvalue weighted by Crippen LogP contribution is 2.43. The summed E-state index contributed by atoms with van der Waals surface area (Å²) in [5, 5.41) is 21.9. The molecule has 0 radical (unpaired) electrons. The molecule has 182 valence electrons. The fourth-order valence-electron chi connectivity index (χ4n) is 4.38. The number of aromatic nitrogens is 3. The first-order chi connectivity index (χ1) is 16.9. The summed E-state index contributed by atoms with van der Waals surface area (Å²) in [4.78, 5) is 30.6. The molecule has 0 spiro atoms. The lowest BCUT2D eigenvalue weighted by molar-refractivity contribution is 0.0535. The highest BCUT2D eigenvalue weighted by molar-refractivity contribution is 6.33. The number of hydrogen-bond donors (Lipinski definition) is 3. The Labute approximate surface area is 207 Å². The van der Waals surface area contributed by atoms with Gasteiger partial charge in [-0.15, -0.1) is 0 Å². The van der Waals surface area contributed by atoms with Crippen LogP contribution >= 0.6 is 11.6 Å². The van der Waals surface area contributed by atoms with E-state index in [4.69, 9.17) is 26.4 Å². The van der Waals surface area contributed by atoms with Crippen LogP contribution in [0.1, 0.15) is 12.1 Å². The van der Waals surface area contributed by atoms with Gasteiger partial charge in [-0.05, 0) is 31.5 Å². The first-order valence-corrected chi connectivity index (χ1v) is 11.7. The summed E-state index contributed by atoms with van der Waals surface area (Å²) in [6.45, 7) is 2.92. The Morgan fingerprint density at radius 3 is 3.00 bits per heavy atom. The highest BCUT2D eigenvalue weighted by atomic mass is 35.5. The minimum Gasteiger partial charge on any atom is -0.489 e. The van der Waals surface area contributed by atoms with Crippen molar-refractivity contribution in [3.8, 4) is 17.0 Å². The van der Waals surface area contributed by atoms with Crippen LogP contribution in [0.25, 0.3) is 11.3 Å². The SMILES string of the molecule is Cc1cc(-c2nc3c(cc2Cl)N2CC[C@@H](C2)N3C(=O)Nc2cncc(OCC(O)CO)c2)ccn1. The molecule has 3 N–H and O–H groups in total. The van der Waals surface area contributed by atoms with E-state index < -0.39 is 12.7 Å². The van der Waals surface area contributed by atoms with E-state index >= 15 is 0 Å². The fourth-order valence-corrected chi connectivity index (χ4v) is 4.63. The van der Waals surface area contributed by atoms with Gasteiger partial charge in [0.15, 0.2) is 5.82 Å². The molecule has 2 atom stereocenters. The molecule has 2 aliphatic rings. The van der Waals surface area contributed by atoms with Crippen molar-refractivity contribution < 1.29 is 19.7 Å². The van der Waals surface area contributed by atoms with Crippen molar-refractivity contribution >= 4 is 34.8 Å². The average molecular weight is 497 g/mol. The van der Waals surface area contributed by atoms with Crippen LogP contribution in [0.2, 0.25) is 5.02 Å². The number of hydrogen-bond acceptors (Lipinski definition) is 8. The third kappa shape index (κ3) is 4.72. The van der Waals surface area contributed by atoms with E-state index in [1.54, 1.807) is 17.2 Å². The zero-order chi connectivity index (χ0) is 24.5. The van der Waals surface area contributed by atoms with Crippen LogP contribution < -0.4 is 19.9 Å². The van der Waals surface area contributed by atoms with Crippen LogP contribution in [0.3, 0.4) is 0 Å². The van der Waals surface area contributed by atoms with Crippen molar-refractivity contribution in [3.05, 3.63) is 53.6 Å². The second kappa shape index (κ2) is 9.65. The van der Waals surface area contributed by atoms with Crippen molar-refractivity contribution in [2.45, 2.75) is 25.5 Å². The predicted molar refractivity (Wildman–Crippen MR) is 132 cm³/mol. The molecule has 1 saturated heterocycles. The average Bonchev–Trinajstić information content (AvgIpc) is 3.27. The molecule has 11 heteroatoms. The van der Waals surface area contributed by atoms with Crippen molar-refractivity contribution in [1.29, 1.82) is 0 Å². The summed E-state index contributed by atoms with van der Waals surface area (Å²) in [5.74, 6) is 0.915. The Balaban J connectivity index is 1.44. The third-order valence-electron chi connectivity index (χ3n) is 6.04. The number of pyridine rings is 3. The standard InChI is InChI=1S/C24H25ClN6O4/c1-14-6-15(2-4-27-14)22-20(25)8-21-23(29-22)31(17-3-5-30(21)11-17)24(34)28-16-7-19(10-26-9-16)35-13-18(33)12-32/h2,4,6-10,17-18,32-33H,3,5,11-13H2,1H3,(H,28,34)/t17-,18?/m0/s1. The van der Waals surface area contributed by atoms with Gasteiger partial charge in [0.25, 0.3) is 0 Å². The lowest BCUT2D eigenvalue weighted by Gasteiger charge is -2.36. The van der Waals surface area contributed by atoms with Crippen LogP contribution in [0, 0.1) is 6.92 Å². The number of amides is 2. The van der Waals surface area contributed by atoms with E-state index in [-0.39, 0.29) is 18.7 Å². The van der Waals surface area contributed by atoms with Gasteiger partial charge in [0.2, 0.25) is 0 Å². The lowest BCUT2D eigenvalue weighted by Crippen LogP contribution is -2.48. The van der Waals surface area contributed by atoms with E-state index in [0.717, 1.165) is 29.9 Å². The maximum atomic E-state index is 13.5. The quantitative estimate of drug-likeness (QED) is 0.476. The summed E-state index contributed by atoms with van der Waals surface area (Å²) in [7, 11) is 0. The molecule has 1 unspecified atom stereocenters. The largest absolute Gasteiger partial charge is 0.489 e. The molecule has 3 aromatic rings. The summed E-state index contributed by atoms with van der Waals surface area (Å²) in [6, 6.07) is 6.88. The molecule has 5 heterocycles. The molecule has 0 aromatic carbocycles. The van der Waals surface area contributed by atoms with E-state index in [0.29, 0.717) is 34.5 Å². The molecule has 35 heavy (non-hydrogen) atoms. The molecule has 0 saturated carbocycles. The van der Waals surface area contributed by atoms with Crippen LogP contribution in [-0.2, 0) is 0 Å². The van der Waals surface area contributed by atoms with Gasteiger partial charge in [-0.25, -0.2) is 9.78 Å². The van der Waals surface area contributed by atoms with Gasteiger partial charge in [0.1, 0.15) is 18.5 Å². The van der Waals surface area contributed by atoms with Crippen molar-refractivity contribution in [3.63, 3.8) is 0 Å². The van der Waals surface area contributed by atoms with Gasteiger partial charge in [0, 0.05) is 36.6 Å². The molecule has 3 aromatic heterocycles. The van der Waals surface area contributed by atoms with Gasteiger partial charge in [-0.1, -0.05) is 11.6 Å². The van der Waals surface area contributed by atoms with Gasteiger partial charge >= 0.3 is 6.03 Å². The fraction of sp³-hybridized carbons (Fsp3) is 0.333. The number of ether oxygens (including phenoxy) is 1. The third-order valence-corrected chi connectivity index (χ3v) is 6.33. The minimum atomic E-state index is -1.00. The molecule has 1 fully saturated rings. The Morgan fingerprint density at radius 1 is 1.34 bits per heavy atom. The number of rotatable bonds is 6. The number of fused-ring (bicyclic) bond motifs is 4. The molecular weight excluding hydrogens is 472 g/mol. The molecular formula is C24H25ClN6O4. The van der Waals surface area contributed by atoms with Gasteiger partial charge in [0.05, 0.1) is 47.1 Å². The number of carbonyl (C=O) groups is 1. The maximum absolute atomic E-state index is 13.5. The van der Waals surface area contributed by atoms with Gasteiger partial charge in [-0.3, -0.25) is 14.9 Å². The summed E-state index contributed by atoms with van der Waals surface area (Å²) >= 11 is 6.64. The normalized spacial score (nSPS) is 17.2. The molecule has 5 rings (SSSR count). The Bertz CT molecular complexity index is 1260. The van der Waals surface area contributed by atoms with Crippen LogP contribution in [-0.4, -0.2) is 69.6 Å². The molecule has 2 aliphatic heterocycles. The number of aryl methyl sites for hydroxylation is 1. The van der Waals surface area contributed by atoms with Crippen LogP contribution in [0.4, 0.5) is 22.0 Å². The highest BCUT2D eigenvalue weighted by Gasteiger charge is 2.41. The number of halogens is 1. The van der Waals surface area contributed by atoms with E-state index in [1.165, 1.54) is 12.4 Å². The van der Waals surface area contributed by atoms with E-state index in [2.05, 4.69) is 20.2 Å². The van der Waals surface area contributed by atoms with Crippen molar-refractivity contribution in [2.75, 3.05) is 41.4 Å². The van der Waals surface area contributed by atoms with E-state index in [1.807, 2.05) is 25.1 Å². The smallest absolute Gasteiger partial charge is 0.327 e. The lowest BCUT2D eigenvalue weighted by atomic mass is 10.1. The van der Waals surface area contributed by atoms with Crippen LogP contribution in [0.5, 0.6) is 5.75 Å². The molecule has 2 bridgehead atoms. The topological polar surface area (TPSA) is 124 Å². The first-order valence-electron chi connectivity index (χ1n) is 11.3. The summed E-state index contributed by atoms with van der Waals surface area (Å²) in [6.07, 6.45) is 4.50. The maximum Gasteiger partial charge on any atom is 0.327 e. The Morgan fingerprint density at radius 2 is 2.20 bits per heavy atom. The van der Waals surface area contributed by atoms with Gasteiger partial charge < -0.3 is 25.2 Å². The summed E-state index contributed by atoms with van der Waals surface area (Å²) in [5.41, 5.74) is 3.53. The number of nitrogens with one attached hydrogen (secondary N) is 1. The number of anilines is 3. The number of carbonyl (C=O) groups excluding carboxylic acids is 1. The second-order valence-electron chi connectivity index (χ2n) is 8.59. The first kappa shape index (κ1) is 23.3. The molecule has 2 amide bonds. The Kier molecular flexibility index (Phi) is 6.42. The number of nitrogens with zero attached hydrogens (tertiary/aromatic N) is 5. The number of aliphatic hydroxyl groups is 2.